The third-order valence-electron chi connectivity index (χ3n) is 2.72. The maximum atomic E-state index is 7.95. The Labute approximate surface area is 137 Å². The highest BCUT2D eigenvalue weighted by Gasteiger charge is 2.09. The maximum Gasteiger partial charge on any atom is 0.213 e. The SMILES string of the molecule is CCCC(=N)c1ncc(I)c(Nc2ccc(OC)nc2)n1. The van der Waals surface area contributed by atoms with Crippen molar-refractivity contribution in [2.75, 3.05) is 12.4 Å². The molecule has 0 fully saturated rings. The number of nitrogens with zero attached hydrogens (tertiary/aromatic N) is 3. The van der Waals surface area contributed by atoms with E-state index in [1.54, 1.807) is 25.6 Å². The molecule has 110 valence electrons. The van der Waals surface area contributed by atoms with E-state index < -0.39 is 0 Å². The number of pyridine rings is 1. The van der Waals surface area contributed by atoms with E-state index in [0.29, 0.717) is 29.7 Å². The molecule has 2 aromatic rings. The van der Waals surface area contributed by atoms with Crippen molar-refractivity contribution in [2.45, 2.75) is 19.8 Å². The molecule has 0 unspecified atom stereocenters. The smallest absolute Gasteiger partial charge is 0.213 e. The Bertz CT molecular complexity index is 630. The normalized spacial score (nSPS) is 10.2. The first-order valence-corrected chi connectivity index (χ1v) is 7.59. The van der Waals surface area contributed by atoms with Gasteiger partial charge in [-0.05, 0) is 35.1 Å². The van der Waals surface area contributed by atoms with Gasteiger partial charge in [-0.1, -0.05) is 13.3 Å². The highest BCUT2D eigenvalue weighted by Crippen LogP contribution is 2.21. The van der Waals surface area contributed by atoms with Crippen LogP contribution in [0.1, 0.15) is 25.6 Å². The van der Waals surface area contributed by atoms with Crippen LogP contribution in [-0.4, -0.2) is 27.8 Å². The summed E-state index contributed by atoms with van der Waals surface area (Å²) >= 11 is 2.16. The summed E-state index contributed by atoms with van der Waals surface area (Å²) in [5.74, 6) is 1.69. The molecule has 0 spiro atoms. The molecule has 0 aliphatic rings. The molecule has 0 saturated heterocycles. The molecule has 0 atom stereocenters. The number of hydrogen-bond acceptors (Lipinski definition) is 6. The fourth-order valence-electron chi connectivity index (χ4n) is 1.67. The van der Waals surface area contributed by atoms with Gasteiger partial charge in [-0.2, -0.15) is 0 Å². The van der Waals surface area contributed by atoms with Crippen molar-refractivity contribution in [3.8, 4) is 5.88 Å². The fraction of sp³-hybridized carbons (Fsp3) is 0.286. The average Bonchev–Trinajstić information content (AvgIpc) is 2.50. The van der Waals surface area contributed by atoms with Crippen LogP contribution in [0.4, 0.5) is 11.5 Å². The summed E-state index contributed by atoms with van der Waals surface area (Å²) in [4.78, 5) is 12.8. The van der Waals surface area contributed by atoms with E-state index in [2.05, 4.69) is 42.9 Å². The zero-order valence-corrected chi connectivity index (χ0v) is 14.0. The van der Waals surface area contributed by atoms with Gasteiger partial charge in [0.05, 0.1) is 28.3 Å². The van der Waals surface area contributed by atoms with Gasteiger partial charge in [0.2, 0.25) is 5.88 Å². The standard InChI is InChI=1S/C14H16IN5O/c1-3-4-11(16)14-18-8-10(15)13(20-14)19-9-5-6-12(21-2)17-7-9/h5-8,16H,3-4H2,1-2H3,(H,18,19,20). The van der Waals surface area contributed by atoms with E-state index in [1.165, 1.54) is 0 Å². The van der Waals surface area contributed by atoms with Gasteiger partial charge in [-0.3, -0.25) is 0 Å². The van der Waals surface area contributed by atoms with Crippen molar-refractivity contribution in [2.24, 2.45) is 0 Å². The van der Waals surface area contributed by atoms with Crippen molar-refractivity contribution in [1.82, 2.24) is 15.0 Å². The second-order valence-electron chi connectivity index (χ2n) is 4.33. The van der Waals surface area contributed by atoms with Crippen LogP contribution >= 0.6 is 22.6 Å². The molecule has 0 aliphatic carbocycles. The lowest BCUT2D eigenvalue weighted by Gasteiger charge is -2.09. The molecule has 6 nitrogen and oxygen atoms in total. The van der Waals surface area contributed by atoms with E-state index in [0.717, 1.165) is 15.7 Å². The molecule has 7 heteroatoms. The van der Waals surface area contributed by atoms with Gasteiger partial charge in [0.25, 0.3) is 0 Å². The Hall–Kier alpha value is -1.77. The molecule has 0 radical (unpaired) electrons. The van der Waals surface area contributed by atoms with Crippen LogP contribution in [0.5, 0.6) is 5.88 Å². The molecule has 0 saturated carbocycles. The van der Waals surface area contributed by atoms with Crippen LogP contribution in [0, 0.1) is 8.98 Å². The quantitative estimate of drug-likeness (QED) is 0.577. The number of rotatable bonds is 6. The Morgan fingerprint density at radius 1 is 1.33 bits per heavy atom. The third-order valence-corrected chi connectivity index (χ3v) is 3.51. The van der Waals surface area contributed by atoms with Crippen LogP contribution in [0.15, 0.2) is 24.5 Å². The Morgan fingerprint density at radius 3 is 2.76 bits per heavy atom. The molecule has 0 bridgehead atoms. The van der Waals surface area contributed by atoms with Crippen LogP contribution in [0.25, 0.3) is 0 Å². The molecule has 21 heavy (non-hydrogen) atoms. The van der Waals surface area contributed by atoms with Crippen LogP contribution in [-0.2, 0) is 0 Å². The summed E-state index contributed by atoms with van der Waals surface area (Å²) < 4.78 is 5.91. The van der Waals surface area contributed by atoms with E-state index >= 15 is 0 Å². The predicted molar refractivity (Wildman–Crippen MR) is 90.6 cm³/mol. The largest absolute Gasteiger partial charge is 0.481 e. The number of anilines is 2. The molecular weight excluding hydrogens is 381 g/mol. The summed E-state index contributed by atoms with van der Waals surface area (Å²) in [6, 6.07) is 3.64. The summed E-state index contributed by atoms with van der Waals surface area (Å²) in [6.07, 6.45) is 4.96. The van der Waals surface area contributed by atoms with Crippen LogP contribution in [0.2, 0.25) is 0 Å². The molecule has 0 aromatic carbocycles. The second kappa shape index (κ2) is 7.30. The predicted octanol–water partition coefficient (Wildman–Crippen LogP) is 3.40. The zero-order chi connectivity index (χ0) is 15.2. The number of aromatic nitrogens is 3. The molecule has 2 N–H and O–H groups in total. The second-order valence-corrected chi connectivity index (χ2v) is 5.50. The van der Waals surface area contributed by atoms with E-state index in [9.17, 15) is 0 Å². The lowest BCUT2D eigenvalue weighted by Crippen LogP contribution is -2.08. The van der Waals surface area contributed by atoms with Gasteiger partial charge >= 0.3 is 0 Å². The Balaban J connectivity index is 2.21. The first kappa shape index (κ1) is 15.6. The zero-order valence-electron chi connectivity index (χ0n) is 11.9. The van der Waals surface area contributed by atoms with E-state index in [-0.39, 0.29) is 0 Å². The molecule has 2 aromatic heterocycles. The van der Waals surface area contributed by atoms with Crippen molar-refractivity contribution in [3.05, 3.63) is 33.9 Å². The highest BCUT2D eigenvalue weighted by atomic mass is 127. The van der Waals surface area contributed by atoms with Crippen molar-refractivity contribution >= 4 is 39.8 Å². The number of methoxy groups -OCH3 is 1. The van der Waals surface area contributed by atoms with Gasteiger partial charge in [0, 0.05) is 12.3 Å². The van der Waals surface area contributed by atoms with Gasteiger partial charge in [0.1, 0.15) is 5.82 Å². The minimum Gasteiger partial charge on any atom is -0.481 e. The number of halogens is 1. The highest BCUT2D eigenvalue weighted by molar-refractivity contribution is 14.1. The lowest BCUT2D eigenvalue weighted by molar-refractivity contribution is 0.398. The molecule has 2 rings (SSSR count). The summed E-state index contributed by atoms with van der Waals surface area (Å²) in [6.45, 7) is 2.03. The Kier molecular flexibility index (Phi) is 5.43. The number of hydrogen-bond donors (Lipinski definition) is 2. The van der Waals surface area contributed by atoms with Gasteiger partial charge < -0.3 is 15.5 Å². The fourth-order valence-corrected chi connectivity index (χ4v) is 2.07. The van der Waals surface area contributed by atoms with Crippen LogP contribution in [0.3, 0.4) is 0 Å². The Morgan fingerprint density at radius 2 is 2.14 bits per heavy atom. The van der Waals surface area contributed by atoms with Gasteiger partial charge in [0.15, 0.2) is 5.82 Å². The minimum atomic E-state index is 0.449. The van der Waals surface area contributed by atoms with E-state index in [4.69, 9.17) is 10.1 Å². The van der Waals surface area contributed by atoms with Crippen molar-refractivity contribution in [1.29, 1.82) is 5.41 Å². The maximum absolute atomic E-state index is 7.95. The van der Waals surface area contributed by atoms with Crippen molar-refractivity contribution in [3.63, 3.8) is 0 Å². The summed E-state index contributed by atoms with van der Waals surface area (Å²) in [5.41, 5.74) is 1.25. The summed E-state index contributed by atoms with van der Waals surface area (Å²) in [5, 5.41) is 11.1. The van der Waals surface area contributed by atoms with Gasteiger partial charge in [-0.15, -0.1) is 0 Å². The number of ether oxygens (including phenoxy) is 1. The third kappa shape index (κ3) is 4.10. The van der Waals surface area contributed by atoms with Crippen molar-refractivity contribution < 1.29 is 4.74 Å². The molecular formula is C14H16IN5O. The topological polar surface area (TPSA) is 83.8 Å². The van der Waals surface area contributed by atoms with Gasteiger partial charge in [-0.25, -0.2) is 15.0 Å². The monoisotopic (exact) mass is 397 g/mol. The lowest BCUT2D eigenvalue weighted by atomic mass is 10.2. The first-order valence-electron chi connectivity index (χ1n) is 6.51. The summed E-state index contributed by atoms with van der Waals surface area (Å²) in [7, 11) is 1.58. The first-order chi connectivity index (χ1) is 10.1. The molecule has 2 heterocycles. The molecule has 0 amide bonds. The minimum absolute atomic E-state index is 0.449. The van der Waals surface area contributed by atoms with Crippen LogP contribution < -0.4 is 10.1 Å². The van der Waals surface area contributed by atoms with E-state index in [1.807, 2.05) is 13.0 Å². The number of nitrogens with one attached hydrogen (secondary N) is 2. The average molecular weight is 397 g/mol. The molecule has 0 aliphatic heterocycles.